The van der Waals surface area contributed by atoms with Crippen molar-refractivity contribution in [3.63, 3.8) is 0 Å². The summed E-state index contributed by atoms with van der Waals surface area (Å²) in [4.78, 5) is 22.9. The van der Waals surface area contributed by atoms with E-state index in [-0.39, 0.29) is 11.9 Å². The first-order valence-corrected chi connectivity index (χ1v) is 6.27. The number of hydrogen-bond donors (Lipinski definition) is 1. The summed E-state index contributed by atoms with van der Waals surface area (Å²) in [6.45, 7) is 1.85. The lowest BCUT2D eigenvalue weighted by molar-refractivity contribution is -0.144. The number of carboxylic acid groups (broad SMARTS) is 1. The number of allylic oxidation sites excluding steroid dienone is 1. The molecule has 0 fully saturated rings. The monoisotopic (exact) mass is 260 g/mol. The summed E-state index contributed by atoms with van der Waals surface area (Å²) < 4.78 is 5.24. The van der Waals surface area contributed by atoms with Gasteiger partial charge in [-0.05, 0) is 30.9 Å². The molecule has 4 nitrogen and oxygen atoms in total. The molecule has 0 saturated heterocycles. The van der Waals surface area contributed by atoms with E-state index in [9.17, 15) is 9.59 Å². The van der Waals surface area contributed by atoms with Crippen molar-refractivity contribution in [2.45, 2.75) is 19.8 Å². The number of rotatable bonds is 3. The van der Waals surface area contributed by atoms with E-state index in [2.05, 4.69) is 0 Å². The molecular formula is C15H16O4. The fourth-order valence-electron chi connectivity index (χ4n) is 2.25. The van der Waals surface area contributed by atoms with Gasteiger partial charge in [0.15, 0.2) is 0 Å². The number of hydrogen-bond acceptors (Lipinski definition) is 3. The van der Waals surface area contributed by atoms with Crippen LogP contribution in [0.4, 0.5) is 0 Å². The van der Waals surface area contributed by atoms with E-state index < -0.39 is 11.9 Å². The van der Waals surface area contributed by atoms with Crippen LogP contribution < -0.4 is 4.74 Å². The fraction of sp³-hybridized carbons (Fsp3) is 0.333. The molecule has 1 aliphatic rings. The average molecular weight is 260 g/mol. The van der Waals surface area contributed by atoms with Crippen molar-refractivity contribution < 1.29 is 19.4 Å². The zero-order chi connectivity index (χ0) is 13.8. The number of carbonyl (C=O) groups is 2. The minimum atomic E-state index is -0.806. The van der Waals surface area contributed by atoms with Gasteiger partial charge in [-0.1, -0.05) is 31.2 Å². The summed E-state index contributed by atoms with van der Waals surface area (Å²) in [5.41, 5.74) is 0.564. The highest BCUT2D eigenvalue weighted by Crippen LogP contribution is 2.30. The van der Waals surface area contributed by atoms with Gasteiger partial charge in [0.2, 0.25) is 0 Å². The number of carboxylic acids is 1. The van der Waals surface area contributed by atoms with E-state index in [1.54, 1.807) is 30.3 Å². The van der Waals surface area contributed by atoms with Crippen LogP contribution in [0.3, 0.4) is 0 Å². The molecule has 0 bridgehead atoms. The zero-order valence-corrected chi connectivity index (χ0v) is 10.7. The van der Waals surface area contributed by atoms with Crippen molar-refractivity contribution in [1.82, 2.24) is 0 Å². The van der Waals surface area contributed by atoms with Gasteiger partial charge in [0.25, 0.3) is 0 Å². The van der Waals surface area contributed by atoms with Gasteiger partial charge in [-0.25, -0.2) is 4.79 Å². The molecule has 4 heteroatoms. The van der Waals surface area contributed by atoms with Crippen LogP contribution in [0.15, 0.2) is 42.0 Å². The smallest absolute Gasteiger partial charge is 0.339 e. The summed E-state index contributed by atoms with van der Waals surface area (Å²) in [7, 11) is 0. The second-order valence-electron chi connectivity index (χ2n) is 4.79. The highest BCUT2D eigenvalue weighted by molar-refractivity contribution is 5.90. The molecule has 0 radical (unpaired) electrons. The molecule has 0 heterocycles. The summed E-state index contributed by atoms with van der Waals surface area (Å²) in [6.07, 6.45) is 2.52. The fourth-order valence-corrected chi connectivity index (χ4v) is 2.25. The van der Waals surface area contributed by atoms with Crippen LogP contribution in [0.2, 0.25) is 0 Å². The van der Waals surface area contributed by atoms with Gasteiger partial charge in [-0.3, -0.25) is 4.79 Å². The molecular weight excluding hydrogens is 244 g/mol. The Hall–Kier alpha value is -2.10. The molecule has 1 aromatic rings. The zero-order valence-electron chi connectivity index (χ0n) is 10.7. The van der Waals surface area contributed by atoms with Crippen molar-refractivity contribution in [3.8, 4) is 5.75 Å². The van der Waals surface area contributed by atoms with Gasteiger partial charge in [-0.2, -0.15) is 0 Å². The quantitative estimate of drug-likeness (QED) is 0.670. The lowest BCUT2D eigenvalue weighted by Crippen LogP contribution is -2.27. The summed E-state index contributed by atoms with van der Waals surface area (Å²) in [5, 5.41) is 9.02. The van der Waals surface area contributed by atoms with E-state index in [0.29, 0.717) is 24.2 Å². The third-order valence-electron chi connectivity index (χ3n) is 3.38. The topological polar surface area (TPSA) is 63.6 Å². The first kappa shape index (κ1) is 13.3. The molecule has 100 valence electrons. The average Bonchev–Trinajstić information content (AvgIpc) is 2.39. The van der Waals surface area contributed by atoms with Crippen LogP contribution in [-0.4, -0.2) is 17.0 Å². The predicted octanol–water partition coefficient (Wildman–Crippen LogP) is 2.65. The Balaban J connectivity index is 2.03. The summed E-state index contributed by atoms with van der Waals surface area (Å²) in [5.74, 6) is -1.16. The molecule has 1 aromatic carbocycles. The lowest BCUT2D eigenvalue weighted by atomic mass is 9.81. The molecule has 1 N–H and O–H groups in total. The van der Waals surface area contributed by atoms with Gasteiger partial charge in [0.1, 0.15) is 5.75 Å². The molecule has 0 amide bonds. The molecule has 1 aliphatic carbocycles. The summed E-state index contributed by atoms with van der Waals surface area (Å²) in [6, 6.07) is 8.86. The van der Waals surface area contributed by atoms with E-state index in [4.69, 9.17) is 9.84 Å². The molecule has 0 unspecified atom stereocenters. The normalized spacial score (nSPS) is 22.5. The van der Waals surface area contributed by atoms with E-state index >= 15 is 0 Å². The Morgan fingerprint density at radius 2 is 1.95 bits per heavy atom. The number of esters is 1. The molecule has 19 heavy (non-hydrogen) atoms. The van der Waals surface area contributed by atoms with Crippen molar-refractivity contribution in [2.75, 3.05) is 0 Å². The van der Waals surface area contributed by atoms with Crippen molar-refractivity contribution >= 4 is 11.9 Å². The van der Waals surface area contributed by atoms with Crippen molar-refractivity contribution in [3.05, 3.63) is 42.0 Å². The standard InChI is InChI=1S/C15H16O4/c1-10-9-11(7-8-13(10)14(16)17)15(18)19-12-5-3-2-4-6-12/h2-7,10,13H,8-9H2,1H3,(H,16,17)/t10-,13+/m0/s1. The molecule has 0 saturated carbocycles. The predicted molar refractivity (Wildman–Crippen MR) is 69.7 cm³/mol. The molecule has 0 aromatic heterocycles. The van der Waals surface area contributed by atoms with Gasteiger partial charge in [0.05, 0.1) is 5.92 Å². The number of aliphatic carboxylic acids is 1. The Morgan fingerprint density at radius 1 is 1.26 bits per heavy atom. The highest BCUT2D eigenvalue weighted by Gasteiger charge is 2.30. The maximum Gasteiger partial charge on any atom is 0.339 e. The molecule has 2 rings (SSSR count). The largest absolute Gasteiger partial charge is 0.481 e. The Bertz CT molecular complexity index is 504. The van der Waals surface area contributed by atoms with Gasteiger partial charge in [0, 0.05) is 5.57 Å². The van der Waals surface area contributed by atoms with E-state index in [1.807, 2.05) is 13.0 Å². The minimum absolute atomic E-state index is 0.0548. The highest BCUT2D eigenvalue weighted by atomic mass is 16.5. The maximum absolute atomic E-state index is 12.0. The number of benzene rings is 1. The first-order chi connectivity index (χ1) is 9.08. The maximum atomic E-state index is 12.0. The third-order valence-corrected chi connectivity index (χ3v) is 3.38. The van der Waals surface area contributed by atoms with Crippen LogP contribution in [0.25, 0.3) is 0 Å². The Labute approximate surface area is 111 Å². The number of carbonyl (C=O) groups excluding carboxylic acids is 1. The van der Waals surface area contributed by atoms with Gasteiger partial charge >= 0.3 is 11.9 Å². The van der Waals surface area contributed by atoms with Crippen LogP contribution in [0.1, 0.15) is 19.8 Å². The third kappa shape index (κ3) is 3.22. The van der Waals surface area contributed by atoms with Crippen LogP contribution >= 0.6 is 0 Å². The molecule has 0 aliphatic heterocycles. The van der Waals surface area contributed by atoms with Crippen molar-refractivity contribution in [1.29, 1.82) is 0 Å². The minimum Gasteiger partial charge on any atom is -0.481 e. The number of ether oxygens (including phenoxy) is 1. The number of para-hydroxylation sites is 1. The molecule has 2 atom stereocenters. The van der Waals surface area contributed by atoms with Crippen LogP contribution in [0, 0.1) is 11.8 Å². The van der Waals surface area contributed by atoms with Crippen LogP contribution in [-0.2, 0) is 9.59 Å². The van der Waals surface area contributed by atoms with Crippen LogP contribution in [0.5, 0.6) is 5.75 Å². The Kier molecular flexibility index (Phi) is 4.00. The van der Waals surface area contributed by atoms with Gasteiger partial charge < -0.3 is 9.84 Å². The van der Waals surface area contributed by atoms with E-state index in [1.165, 1.54) is 0 Å². The van der Waals surface area contributed by atoms with E-state index in [0.717, 1.165) is 0 Å². The summed E-state index contributed by atoms with van der Waals surface area (Å²) >= 11 is 0. The van der Waals surface area contributed by atoms with Crippen molar-refractivity contribution in [2.24, 2.45) is 11.8 Å². The first-order valence-electron chi connectivity index (χ1n) is 6.27. The van der Waals surface area contributed by atoms with Gasteiger partial charge in [-0.15, -0.1) is 0 Å². The lowest BCUT2D eigenvalue weighted by Gasteiger charge is -2.24. The SMILES string of the molecule is C[C@H]1CC(C(=O)Oc2ccccc2)=CC[C@H]1C(=O)O. The second-order valence-corrected chi connectivity index (χ2v) is 4.79. The Morgan fingerprint density at radius 3 is 2.53 bits per heavy atom. The molecule has 0 spiro atoms. The second kappa shape index (κ2) is 5.69.